The van der Waals surface area contributed by atoms with Gasteiger partial charge in [-0.05, 0) is 19.4 Å². The van der Waals surface area contributed by atoms with E-state index in [4.69, 9.17) is 4.52 Å². The fourth-order valence-electron chi connectivity index (χ4n) is 3.50. The number of nitrogens with zero attached hydrogens (tertiary/aromatic N) is 3. The number of rotatable bonds is 6. The molecule has 136 valence electrons. The summed E-state index contributed by atoms with van der Waals surface area (Å²) in [4.78, 5) is 14.1. The van der Waals surface area contributed by atoms with E-state index in [0.717, 1.165) is 31.5 Å². The van der Waals surface area contributed by atoms with Crippen molar-refractivity contribution < 1.29 is 14.7 Å². The zero-order chi connectivity index (χ0) is 17.9. The lowest BCUT2D eigenvalue weighted by atomic mass is 9.83. The predicted molar refractivity (Wildman–Crippen MR) is 93.1 cm³/mol. The summed E-state index contributed by atoms with van der Waals surface area (Å²) in [5.41, 5.74) is 0.646. The zero-order valence-electron chi connectivity index (χ0n) is 14.5. The lowest BCUT2D eigenvalue weighted by Gasteiger charge is -2.40. The van der Waals surface area contributed by atoms with Gasteiger partial charge in [0.25, 0.3) is 0 Å². The third-order valence-electron chi connectivity index (χ3n) is 4.82. The van der Waals surface area contributed by atoms with Crippen LogP contribution in [0.4, 0.5) is 0 Å². The van der Waals surface area contributed by atoms with E-state index in [9.17, 15) is 15.0 Å². The number of piperidine rings is 1. The van der Waals surface area contributed by atoms with E-state index in [-0.39, 0.29) is 18.6 Å². The Bertz CT molecular complexity index is 742. The van der Waals surface area contributed by atoms with Gasteiger partial charge < -0.3 is 15.1 Å². The minimum absolute atomic E-state index is 0.124. The molecule has 2 N–H and O–H groups in total. The van der Waals surface area contributed by atoms with Crippen LogP contribution < -0.4 is 5.76 Å². The van der Waals surface area contributed by atoms with Crippen molar-refractivity contribution in [3.63, 3.8) is 0 Å². The number of likely N-dealkylation sites (tertiary alicyclic amines) is 1. The van der Waals surface area contributed by atoms with Gasteiger partial charge in [-0.2, -0.15) is 0 Å². The van der Waals surface area contributed by atoms with Gasteiger partial charge in [0.1, 0.15) is 0 Å². The second kappa shape index (κ2) is 7.51. The molecule has 1 aromatic heterocycles. The number of aliphatic hydroxyl groups is 2. The normalized spacial score (nSPS) is 22.8. The molecule has 1 aliphatic rings. The maximum absolute atomic E-state index is 12.0. The summed E-state index contributed by atoms with van der Waals surface area (Å²) in [5, 5.41) is 23.9. The standard InChI is InChI=1S/C18H25N3O4/c1-18(13-22)8-5-9-20(12-18)10-15(23)11-21-16(19-25-17(21)24)14-6-3-2-4-7-14/h2-4,6-7,15,22-23H,5,8-13H2,1H3. The van der Waals surface area contributed by atoms with E-state index in [1.54, 1.807) is 0 Å². The quantitative estimate of drug-likeness (QED) is 0.809. The molecule has 0 bridgehead atoms. The smallest absolute Gasteiger partial charge is 0.396 e. The molecule has 0 radical (unpaired) electrons. The van der Waals surface area contributed by atoms with Crippen molar-refractivity contribution in [2.45, 2.75) is 32.4 Å². The molecule has 1 aliphatic heterocycles. The Kier molecular flexibility index (Phi) is 5.36. The topological polar surface area (TPSA) is 91.7 Å². The average Bonchev–Trinajstić information content (AvgIpc) is 2.96. The molecule has 2 atom stereocenters. The first-order valence-corrected chi connectivity index (χ1v) is 8.64. The second-order valence-corrected chi connectivity index (χ2v) is 7.21. The van der Waals surface area contributed by atoms with Crippen LogP contribution in [-0.4, -0.2) is 57.2 Å². The molecular formula is C18H25N3O4. The van der Waals surface area contributed by atoms with Crippen LogP contribution in [0.25, 0.3) is 11.4 Å². The molecule has 2 aromatic rings. The SMILES string of the molecule is CC1(CO)CCCN(CC(O)Cn2c(-c3ccccc3)noc2=O)C1. The molecule has 7 nitrogen and oxygen atoms in total. The Morgan fingerprint density at radius 3 is 2.80 bits per heavy atom. The van der Waals surface area contributed by atoms with Crippen molar-refractivity contribution >= 4 is 0 Å². The Labute approximate surface area is 146 Å². The summed E-state index contributed by atoms with van der Waals surface area (Å²) in [6, 6.07) is 9.29. The molecule has 2 unspecified atom stereocenters. The molecule has 7 heteroatoms. The molecule has 0 saturated carbocycles. The third-order valence-corrected chi connectivity index (χ3v) is 4.82. The summed E-state index contributed by atoms with van der Waals surface area (Å²) in [6.07, 6.45) is 1.26. The van der Waals surface area contributed by atoms with Gasteiger partial charge in [-0.1, -0.05) is 42.4 Å². The molecule has 1 fully saturated rings. The highest BCUT2D eigenvalue weighted by Gasteiger charge is 2.31. The van der Waals surface area contributed by atoms with Crippen molar-refractivity contribution in [3.8, 4) is 11.4 Å². The third kappa shape index (κ3) is 4.18. The van der Waals surface area contributed by atoms with Gasteiger partial charge in [-0.3, -0.25) is 9.09 Å². The maximum atomic E-state index is 12.0. The first-order chi connectivity index (χ1) is 12.0. The lowest BCUT2D eigenvalue weighted by Crippen LogP contribution is -2.47. The zero-order valence-corrected chi connectivity index (χ0v) is 14.5. The van der Waals surface area contributed by atoms with E-state index in [1.807, 2.05) is 30.3 Å². The average molecular weight is 347 g/mol. The number of aromatic nitrogens is 2. The highest BCUT2D eigenvalue weighted by Crippen LogP contribution is 2.28. The van der Waals surface area contributed by atoms with E-state index < -0.39 is 11.9 Å². The molecule has 1 saturated heterocycles. The van der Waals surface area contributed by atoms with Crippen LogP contribution in [-0.2, 0) is 6.54 Å². The number of benzene rings is 1. The number of β-amino-alcohol motifs (C(OH)–C–C–N with tert-alkyl or cyclic N) is 1. The number of aliphatic hydroxyl groups excluding tert-OH is 2. The fraction of sp³-hybridized carbons (Fsp3) is 0.556. The van der Waals surface area contributed by atoms with E-state index in [1.165, 1.54) is 4.57 Å². The highest BCUT2D eigenvalue weighted by molar-refractivity contribution is 5.54. The Balaban J connectivity index is 1.69. The van der Waals surface area contributed by atoms with Crippen LogP contribution >= 0.6 is 0 Å². The van der Waals surface area contributed by atoms with E-state index in [2.05, 4.69) is 17.0 Å². The summed E-state index contributed by atoms with van der Waals surface area (Å²) >= 11 is 0. The summed E-state index contributed by atoms with van der Waals surface area (Å²) in [6.45, 7) is 4.40. The van der Waals surface area contributed by atoms with Gasteiger partial charge in [0.05, 0.1) is 12.6 Å². The molecular weight excluding hydrogens is 322 g/mol. The Hall–Kier alpha value is -1.96. The monoisotopic (exact) mass is 347 g/mol. The van der Waals surface area contributed by atoms with Crippen LogP contribution in [0.15, 0.2) is 39.6 Å². The highest BCUT2D eigenvalue weighted by atomic mass is 16.5. The van der Waals surface area contributed by atoms with Gasteiger partial charge in [0.15, 0.2) is 5.82 Å². The molecule has 0 aliphatic carbocycles. The van der Waals surface area contributed by atoms with E-state index >= 15 is 0 Å². The molecule has 3 rings (SSSR count). The van der Waals surface area contributed by atoms with E-state index in [0.29, 0.717) is 12.4 Å². The van der Waals surface area contributed by atoms with Crippen LogP contribution in [0.2, 0.25) is 0 Å². The summed E-state index contributed by atoms with van der Waals surface area (Å²) in [5.74, 6) is -0.153. The molecule has 2 heterocycles. The largest absolute Gasteiger partial charge is 0.441 e. The fourth-order valence-corrected chi connectivity index (χ4v) is 3.50. The second-order valence-electron chi connectivity index (χ2n) is 7.21. The molecule has 1 aromatic carbocycles. The summed E-state index contributed by atoms with van der Waals surface area (Å²) in [7, 11) is 0. The minimum Gasteiger partial charge on any atom is -0.396 e. The minimum atomic E-state index is -0.722. The van der Waals surface area contributed by atoms with Crippen LogP contribution in [0.1, 0.15) is 19.8 Å². The molecule has 25 heavy (non-hydrogen) atoms. The van der Waals surface area contributed by atoms with Crippen LogP contribution in [0, 0.1) is 5.41 Å². The van der Waals surface area contributed by atoms with Crippen molar-refractivity contribution in [1.82, 2.24) is 14.6 Å². The van der Waals surface area contributed by atoms with Crippen molar-refractivity contribution in [3.05, 3.63) is 40.9 Å². The van der Waals surface area contributed by atoms with Crippen LogP contribution in [0.3, 0.4) is 0 Å². The van der Waals surface area contributed by atoms with Gasteiger partial charge in [0.2, 0.25) is 0 Å². The molecule has 0 amide bonds. The lowest BCUT2D eigenvalue weighted by molar-refractivity contribution is 0.0175. The van der Waals surface area contributed by atoms with Gasteiger partial charge in [-0.25, -0.2) is 4.79 Å². The Morgan fingerprint density at radius 1 is 1.32 bits per heavy atom. The first-order valence-electron chi connectivity index (χ1n) is 8.64. The Morgan fingerprint density at radius 2 is 2.08 bits per heavy atom. The first kappa shape index (κ1) is 17.8. The van der Waals surface area contributed by atoms with Gasteiger partial charge in [-0.15, -0.1) is 0 Å². The van der Waals surface area contributed by atoms with Gasteiger partial charge in [0, 0.05) is 30.7 Å². The maximum Gasteiger partial charge on any atom is 0.441 e. The number of hydrogen-bond acceptors (Lipinski definition) is 6. The van der Waals surface area contributed by atoms with Crippen LogP contribution in [0.5, 0.6) is 0 Å². The van der Waals surface area contributed by atoms with Crippen molar-refractivity contribution in [1.29, 1.82) is 0 Å². The van der Waals surface area contributed by atoms with Gasteiger partial charge >= 0.3 is 5.76 Å². The number of hydrogen-bond donors (Lipinski definition) is 2. The van der Waals surface area contributed by atoms with Crippen molar-refractivity contribution in [2.75, 3.05) is 26.2 Å². The molecule has 0 spiro atoms. The van der Waals surface area contributed by atoms with Crippen molar-refractivity contribution in [2.24, 2.45) is 5.41 Å². The predicted octanol–water partition coefficient (Wildman–Crippen LogP) is 0.959. The summed E-state index contributed by atoms with van der Waals surface area (Å²) < 4.78 is 6.16.